The summed E-state index contributed by atoms with van der Waals surface area (Å²) in [5, 5.41) is 8.67. The van der Waals surface area contributed by atoms with Gasteiger partial charge in [0.25, 0.3) is 0 Å². The topological polar surface area (TPSA) is 29.5 Å². The second-order valence-electron chi connectivity index (χ2n) is 2.21. The van der Waals surface area contributed by atoms with Gasteiger partial charge in [-0.05, 0) is 30.2 Å². The standard InChI is InChI=1S/C9H11O2/c1-11-9-5-3-2-4-8(9)6-7-10/h3-5,10H,6-7H2,1H3. The molecule has 2 nitrogen and oxygen atoms in total. The van der Waals surface area contributed by atoms with E-state index in [1.165, 1.54) is 0 Å². The maximum atomic E-state index is 8.67. The molecule has 1 aromatic carbocycles. The Bertz CT molecular complexity index is 221. The van der Waals surface area contributed by atoms with Crippen LogP contribution in [0.1, 0.15) is 5.56 Å². The third-order valence-electron chi connectivity index (χ3n) is 1.51. The fourth-order valence-electron chi connectivity index (χ4n) is 0.966. The Hall–Kier alpha value is -1.02. The van der Waals surface area contributed by atoms with Crippen molar-refractivity contribution in [1.82, 2.24) is 0 Å². The zero-order valence-corrected chi connectivity index (χ0v) is 6.50. The van der Waals surface area contributed by atoms with Crippen molar-refractivity contribution in [3.05, 3.63) is 29.8 Å². The first-order valence-electron chi connectivity index (χ1n) is 3.52. The number of hydrogen-bond donors (Lipinski definition) is 1. The van der Waals surface area contributed by atoms with Gasteiger partial charge in [0.15, 0.2) is 0 Å². The summed E-state index contributed by atoms with van der Waals surface area (Å²) in [7, 11) is 1.62. The highest BCUT2D eigenvalue weighted by Gasteiger charge is 1.98. The van der Waals surface area contributed by atoms with Crippen molar-refractivity contribution in [3.8, 4) is 5.75 Å². The minimum absolute atomic E-state index is 0.147. The number of aliphatic hydroxyl groups is 1. The molecule has 0 amide bonds. The molecule has 0 fully saturated rings. The van der Waals surface area contributed by atoms with Crippen molar-refractivity contribution < 1.29 is 9.84 Å². The summed E-state index contributed by atoms with van der Waals surface area (Å²) in [5.41, 5.74) is 0.998. The van der Waals surface area contributed by atoms with Crippen molar-refractivity contribution in [2.24, 2.45) is 0 Å². The van der Waals surface area contributed by atoms with Gasteiger partial charge in [0.2, 0.25) is 0 Å². The van der Waals surface area contributed by atoms with Crippen molar-refractivity contribution in [2.75, 3.05) is 13.7 Å². The molecular weight excluding hydrogens is 140 g/mol. The van der Waals surface area contributed by atoms with Gasteiger partial charge in [-0.2, -0.15) is 0 Å². The number of methoxy groups -OCH3 is 1. The monoisotopic (exact) mass is 151 g/mol. The predicted octanol–water partition coefficient (Wildman–Crippen LogP) is 1.03. The van der Waals surface area contributed by atoms with Crippen LogP contribution in [-0.2, 0) is 6.42 Å². The first kappa shape index (κ1) is 8.08. The lowest BCUT2D eigenvalue weighted by molar-refractivity contribution is 0.296. The molecular formula is C9H11O2. The molecule has 0 aromatic heterocycles. The maximum absolute atomic E-state index is 8.67. The molecule has 11 heavy (non-hydrogen) atoms. The van der Waals surface area contributed by atoms with E-state index in [-0.39, 0.29) is 6.61 Å². The summed E-state index contributed by atoms with van der Waals surface area (Å²) < 4.78 is 5.07. The highest BCUT2D eigenvalue weighted by molar-refractivity contribution is 5.32. The molecule has 0 unspecified atom stereocenters. The van der Waals surface area contributed by atoms with Crippen LogP contribution in [0.15, 0.2) is 18.2 Å². The SMILES string of the molecule is COc1cc[c]cc1CCO. The highest BCUT2D eigenvalue weighted by atomic mass is 16.5. The van der Waals surface area contributed by atoms with Crippen LogP contribution >= 0.6 is 0 Å². The largest absolute Gasteiger partial charge is 0.496 e. The lowest BCUT2D eigenvalue weighted by Gasteiger charge is -2.04. The third kappa shape index (κ3) is 1.95. The average molecular weight is 151 g/mol. The zero-order valence-electron chi connectivity index (χ0n) is 6.50. The van der Waals surface area contributed by atoms with E-state index in [1.54, 1.807) is 13.2 Å². The summed E-state index contributed by atoms with van der Waals surface area (Å²) in [4.78, 5) is 0. The van der Waals surface area contributed by atoms with E-state index in [9.17, 15) is 0 Å². The van der Waals surface area contributed by atoms with Gasteiger partial charge in [0.05, 0.1) is 7.11 Å². The van der Waals surface area contributed by atoms with E-state index >= 15 is 0 Å². The van der Waals surface area contributed by atoms with Crippen molar-refractivity contribution in [3.63, 3.8) is 0 Å². The van der Waals surface area contributed by atoms with Crippen LogP contribution in [0.5, 0.6) is 5.75 Å². The van der Waals surface area contributed by atoms with Gasteiger partial charge in [-0.25, -0.2) is 0 Å². The molecule has 0 aliphatic carbocycles. The lowest BCUT2D eigenvalue weighted by Crippen LogP contribution is -1.94. The minimum atomic E-state index is 0.147. The Morgan fingerprint density at radius 2 is 2.45 bits per heavy atom. The van der Waals surface area contributed by atoms with E-state index in [4.69, 9.17) is 9.84 Å². The van der Waals surface area contributed by atoms with Crippen LogP contribution in [0.3, 0.4) is 0 Å². The quantitative estimate of drug-likeness (QED) is 0.699. The molecule has 1 rings (SSSR count). The Balaban J connectivity index is 2.83. The molecule has 0 saturated carbocycles. The van der Waals surface area contributed by atoms with Crippen molar-refractivity contribution in [2.45, 2.75) is 6.42 Å². The lowest BCUT2D eigenvalue weighted by atomic mass is 10.1. The zero-order chi connectivity index (χ0) is 8.10. The second kappa shape index (κ2) is 3.98. The smallest absolute Gasteiger partial charge is 0.122 e. The summed E-state index contributed by atoms with van der Waals surface area (Å²) in [5.74, 6) is 0.817. The number of rotatable bonds is 3. The van der Waals surface area contributed by atoms with Crippen LogP contribution in [-0.4, -0.2) is 18.8 Å². The molecule has 1 N–H and O–H groups in total. The van der Waals surface area contributed by atoms with Gasteiger partial charge in [0.1, 0.15) is 5.75 Å². The average Bonchev–Trinajstić information content (AvgIpc) is 2.06. The molecule has 1 aromatic rings. The Kier molecular flexibility index (Phi) is 2.93. The van der Waals surface area contributed by atoms with Crippen LogP contribution in [0, 0.1) is 6.07 Å². The van der Waals surface area contributed by atoms with Crippen LogP contribution < -0.4 is 4.74 Å². The van der Waals surface area contributed by atoms with E-state index in [0.717, 1.165) is 11.3 Å². The number of ether oxygens (including phenoxy) is 1. The second-order valence-corrected chi connectivity index (χ2v) is 2.21. The number of benzene rings is 1. The van der Waals surface area contributed by atoms with Crippen molar-refractivity contribution in [1.29, 1.82) is 0 Å². The molecule has 0 heterocycles. The van der Waals surface area contributed by atoms with Gasteiger partial charge >= 0.3 is 0 Å². The molecule has 0 saturated heterocycles. The van der Waals surface area contributed by atoms with E-state index in [2.05, 4.69) is 6.07 Å². The van der Waals surface area contributed by atoms with Gasteiger partial charge in [-0.1, -0.05) is 6.07 Å². The third-order valence-corrected chi connectivity index (χ3v) is 1.51. The first-order chi connectivity index (χ1) is 5.38. The van der Waals surface area contributed by atoms with Crippen LogP contribution in [0.2, 0.25) is 0 Å². The summed E-state index contributed by atoms with van der Waals surface area (Å²) in [6.07, 6.45) is 0.626. The fraction of sp³-hybridized carbons (Fsp3) is 0.333. The van der Waals surface area contributed by atoms with E-state index in [0.29, 0.717) is 6.42 Å². The fourth-order valence-corrected chi connectivity index (χ4v) is 0.966. The minimum Gasteiger partial charge on any atom is -0.496 e. The normalized spacial score (nSPS) is 9.64. The van der Waals surface area contributed by atoms with Crippen molar-refractivity contribution >= 4 is 0 Å². The van der Waals surface area contributed by atoms with Crippen LogP contribution in [0.25, 0.3) is 0 Å². The van der Waals surface area contributed by atoms with Crippen LogP contribution in [0.4, 0.5) is 0 Å². The molecule has 0 spiro atoms. The Morgan fingerprint density at radius 1 is 1.64 bits per heavy atom. The molecule has 0 aliphatic heterocycles. The van der Waals surface area contributed by atoms with Gasteiger partial charge in [-0.15, -0.1) is 0 Å². The summed E-state index contributed by atoms with van der Waals surface area (Å²) >= 11 is 0. The Morgan fingerprint density at radius 3 is 3.09 bits per heavy atom. The number of hydrogen-bond acceptors (Lipinski definition) is 2. The molecule has 2 heteroatoms. The maximum Gasteiger partial charge on any atom is 0.122 e. The van der Waals surface area contributed by atoms with E-state index in [1.807, 2.05) is 12.1 Å². The number of aliphatic hydroxyl groups excluding tert-OH is 1. The molecule has 0 aliphatic rings. The first-order valence-corrected chi connectivity index (χ1v) is 3.52. The molecule has 59 valence electrons. The van der Waals surface area contributed by atoms with E-state index < -0.39 is 0 Å². The summed E-state index contributed by atoms with van der Waals surface area (Å²) in [6, 6.07) is 8.39. The highest BCUT2D eigenvalue weighted by Crippen LogP contribution is 2.16. The van der Waals surface area contributed by atoms with Gasteiger partial charge < -0.3 is 9.84 Å². The van der Waals surface area contributed by atoms with Gasteiger partial charge in [-0.3, -0.25) is 0 Å². The summed E-state index contributed by atoms with van der Waals surface area (Å²) in [6.45, 7) is 0.147. The Labute approximate surface area is 66.4 Å². The molecule has 0 atom stereocenters. The molecule has 0 bridgehead atoms. The predicted molar refractivity (Wildman–Crippen MR) is 42.6 cm³/mol. The molecule has 1 radical (unpaired) electrons. The van der Waals surface area contributed by atoms with Gasteiger partial charge in [0, 0.05) is 6.61 Å².